The number of anilines is 1. The maximum absolute atomic E-state index is 12.4. The van der Waals surface area contributed by atoms with Gasteiger partial charge in [0.2, 0.25) is 5.76 Å². The third-order valence-electron chi connectivity index (χ3n) is 4.45. The number of hydrogen-bond donors (Lipinski definition) is 0. The van der Waals surface area contributed by atoms with Gasteiger partial charge >= 0.3 is 0 Å². The van der Waals surface area contributed by atoms with Gasteiger partial charge in [-0.05, 0) is 25.1 Å². The zero-order valence-electron chi connectivity index (χ0n) is 14.9. The molecule has 1 amide bonds. The van der Waals surface area contributed by atoms with Gasteiger partial charge in [0.15, 0.2) is 15.0 Å². The zero-order chi connectivity index (χ0) is 19.2. The van der Waals surface area contributed by atoms with Crippen LogP contribution in [0.15, 0.2) is 33.7 Å². The highest BCUT2D eigenvalue weighted by molar-refractivity contribution is 7.90. The second-order valence-electron chi connectivity index (χ2n) is 6.51. The van der Waals surface area contributed by atoms with Gasteiger partial charge in [0.25, 0.3) is 5.91 Å². The van der Waals surface area contributed by atoms with E-state index in [-0.39, 0.29) is 11.7 Å². The lowest BCUT2D eigenvalue weighted by Gasteiger charge is -2.33. The first-order valence-corrected chi connectivity index (χ1v) is 11.1. The number of nitrogens with zero attached hydrogens (tertiary/aromatic N) is 4. The van der Waals surface area contributed by atoms with Gasteiger partial charge in [0.05, 0.1) is 20.8 Å². The quantitative estimate of drug-likeness (QED) is 0.656. The van der Waals surface area contributed by atoms with Crippen LogP contribution in [0.25, 0.3) is 10.2 Å². The number of piperazine rings is 1. The van der Waals surface area contributed by atoms with Crippen LogP contribution in [0.2, 0.25) is 0 Å². The van der Waals surface area contributed by atoms with Crippen LogP contribution in [0.5, 0.6) is 0 Å². The number of thiazole rings is 1. The minimum atomic E-state index is -3.24. The van der Waals surface area contributed by atoms with Crippen LogP contribution in [0.1, 0.15) is 16.2 Å². The molecule has 0 saturated carbocycles. The fraction of sp³-hybridized carbons (Fsp3) is 0.353. The van der Waals surface area contributed by atoms with Crippen LogP contribution >= 0.6 is 11.3 Å². The summed E-state index contributed by atoms with van der Waals surface area (Å²) in [5.41, 5.74) is 1.46. The summed E-state index contributed by atoms with van der Waals surface area (Å²) in [4.78, 5) is 21.2. The third-order valence-corrected chi connectivity index (χ3v) is 6.64. The number of carbonyl (C=O) groups is 1. The Bertz CT molecular complexity index is 1110. The Morgan fingerprint density at radius 2 is 1.93 bits per heavy atom. The number of amides is 1. The molecule has 0 spiro atoms. The molecule has 8 nitrogen and oxygen atoms in total. The Morgan fingerprint density at radius 3 is 2.56 bits per heavy atom. The van der Waals surface area contributed by atoms with Crippen molar-refractivity contribution in [2.45, 2.75) is 11.8 Å². The molecule has 3 heterocycles. The predicted molar refractivity (Wildman–Crippen MR) is 102 cm³/mol. The van der Waals surface area contributed by atoms with Crippen LogP contribution in [-0.4, -0.2) is 61.8 Å². The van der Waals surface area contributed by atoms with Gasteiger partial charge < -0.3 is 14.3 Å². The van der Waals surface area contributed by atoms with Crippen LogP contribution in [0.3, 0.4) is 0 Å². The maximum atomic E-state index is 12.4. The van der Waals surface area contributed by atoms with E-state index in [1.165, 1.54) is 17.6 Å². The molecule has 1 fully saturated rings. The molecule has 0 atom stereocenters. The molecule has 3 aromatic rings. The van der Waals surface area contributed by atoms with E-state index in [9.17, 15) is 13.2 Å². The van der Waals surface area contributed by atoms with E-state index >= 15 is 0 Å². The molecule has 1 aromatic carbocycles. The molecular weight excluding hydrogens is 388 g/mol. The number of sulfone groups is 1. The molecule has 142 valence electrons. The normalized spacial score (nSPS) is 15.5. The Morgan fingerprint density at radius 1 is 1.19 bits per heavy atom. The molecule has 4 rings (SSSR count). The second-order valence-corrected chi connectivity index (χ2v) is 9.53. The van der Waals surface area contributed by atoms with E-state index in [0.29, 0.717) is 36.8 Å². The first kappa shape index (κ1) is 17.9. The highest BCUT2D eigenvalue weighted by Gasteiger charge is 2.26. The van der Waals surface area contributed by atoms with Crippen molar-refractivity contribution in [2.24, 2.45) is 0 Å². The van der Waals surface area contributed by atoms with E-state index in [1.54, 1.807) is 36.1 Å². The molecule has 10 heteroatoms. The average molecular weight is 406 g/mol. The van der Waals surface area contributed by atoms with Gasteiger partial charge in [-0.25, -0.2) is 13.4 Å². The minimum Gasteiger partial charge on any atom is -0.351 e. The number of rotatable bonds is 3. The van der Waals surface area contributed by atoms with Crippen molar-refractivity contribution in [3.8, 4) is 0 Å². The molecular formula is C17H18N4O4S2. The summed E-state index contributed by atoms with van der Waals surface area (Å²) in [7, 11) is -3.24. The van der Waals surface area contributed by atoms with E-state index in [2.05, 4.69) is 15.0 Å². The molecule has 0 radical (unpaired) electrons. The minimum absolute atomic E-state index is 0.155. The van der Waals surface area contributed by atoms with Crippen LogP contribution in [0, 0.1) is 6.92 Å². The first-order chi connectivity index (χ1) is 12.8. The molecule has 1 aliphatic rings. The Hall–Kier alpha value is -2.46. The summed E-state index contributed by atoms with van der Waals surface area (Å²) in [6, 6.07) is 6.62. The van der Waals surface area contributed by atoms with E-state index < -0.39 is 9.84 Å². The van der Waals surface area contributed by atoms with Gasteiger partial charge in [-0.1, -0.05) is 16.5 Å². The van der Waals surface area contributed by atoms with Gasteiger partial charge in [-0.15, -0.1) is 0 Å². The van der Waals surface area contributed by atoms with E-state index in [4.69, 9.17) is 4.52 Å². The standard InChI is InChI=1S/C17H18N4O4S2/c1-11-9-14(25-19-11)16(22)20-5-7-21(8-6-20)17-18-13-4-3-12(27(2,23)24)10-15(13)26-17/h3-4,9-10H,5-8H2,1-2H3. The molecule has 0 unspecified atom stereocenters. The summed E-state index contributed by atoms with van der Waals surface area (Å²) in [5.74, 6) is 0.103. The largest absolute Gasteiger partial charge is 0.351 e. The average Bonchev–Trinajstić information content (AvgIpc) is 3.26. The van der Waals surface area contributed by atoms with Crippen molar-refractivity contribution in [3.63, 3.8) is 0 Å². The number of hydrogen-bond acceptors (Lipinski definition) is 8. The Balaban J connectivity index is 1.48. The molecule has 0 aliphatic carbocycles. The number of carbonyl (C=O) groups excluding carboxylic acids is 1. The van der Waals surface area contributed by atoms with Gasteiger partial charge in [-0.3, -0.25) is 4.79 Å². The summed E-state index contributed by atoms with van der Waals surface area (Å²) in [6.45, 7) is 4.20. The summed E-state index contributed by atoms with van der Waals surface area (Å²) < 4.78 is 29.3. The SMILES string of the molecule is Cc1cc(C(=O)N2CCN(c3nc4ccc(S(C)(=O)=O)cc4s3)CC2)on1. The van der Waals surface area contributed by atoms with E-state index in [0.717, 1.165) is 15.3 Å². The first-order valence-electron chi connectivity index (χ1n) is 8.39. The molecule has 2 aromatic heterocycles. The molecule has 1 saturated heterocycles. The lowest BCUT2D eigenvalue weighted by atomic mass is 10.3. The fourth-order valence-electron chi connectivity index (χ4n) is 2.98. The monoisotopic (exact) mass is 406 g/mol. The summed E-state index contributed by atoms with van der Waals surface area (Å²) >= 11 is 1.46. The van der Waals surface area contributed by atoms with Gasteiger partial charge in [0, 0.05) is 38.5 Å². The van der Waals surface area contributed by atoms with Crippen molar-refractivity contribution >= 4 is 42.4 Å². The van der Waals surface area contributed by atoms with Crippen LogP contribution < -0.4 is 4.90 Å². The number of fused-ring (bicyclic) bond motifs is 1. The van der Waals surface area contributed by atoms with Crippen molar-refractivity contribution in [3.05, 3.63) is 35.7 Å². The van der Waals surface area contributed by atoms with Crippen molar-refractivity contribution in [1.29, 1.82) is 0 Å². The lowest BCUT2D eigenvalue weighted by Crippen LogP contribution is -2.48. The van der Waals surface area contributed by atoms with Crippen molar-refractivity contribution < 1.29 is 17.7 Å². The predicted octanol–water partition coefficient (Wildman–Crippen LogP) is 1.96. The Kier molecular flexibility index (Phi) is 4.39. The number of aromatic nitrogens is 2. The van der Waals surface area contributed by atoms with E-state index in [1.807, 2.05) is 0 Å². The highest BCUT2D eigenvalue weighted by Crippen LogP contribution is 2.31. The van der Waals surface area contributed by atoms with Gasteiger partial charge in [0.1, 0.15) is 0 Å². The van der Waals surface area contributed by atoms with Gasteiger partial charge in [-0.2, -0.15) is 0 Å². The fourth-order valence-corrected chi connectivity index (χ4v) is 4.76. The van der Waals surface area contributed by atoms with Crippen LogP contribution in [0.4, 0.5) is 5.13 Å². The maximum Gasteiger partial charge on any atom is 0.292 e. The number of benzene rings is 1. The van der Waals surface area contributed by atoms with Crippen molar-refractivity contribution in [2.75, 3.05) is 37.3 Å². The number of aryl methyl sites for hydroxylation is 1. The topological polar surface area (TPSA) is 96.6 Å². The van der Waals surface area contributed by atoms with Crippen molar-refractivity contribution in [1.82, 2.24) is 15.0 Å². The third kappa shape index (κ3) is 3.54. The lowest BCUT2D eigenvalue weighted by molar-refractivity contribution is 0.0704. The molecule has 0 bridgehead atoms. The summed E-state index contributed by atoms with van der Waals surface area (Å²) in [5, 5.41) is 4.59. The molecule has 1 aliphatic heterocycles. The highest BCUT2D eigenvalue weighted by atomic mass is 32.2. The smallest absolute Gasteiger partial charge is 0.292 e. The molecule has 27 heavy (non-hydrogen) atoms. The summed E-state index contributed by atoms with van der Waals surface area (Å²) in [6.07, 6.45) is 1.20. The molecule has 0 N–H and O–H groups in total. The zero-order valence-corrected chi connectivity index (χ0v) is 16.5. The Labute approximate surface area is 160 Å². The van der Waals surface area contributed by atoms with Crippen LogP contribution in [-0.2, 0) is 9.84 Å². The second kappa shape index (κ2) is 6.61.